The van der Waals surface area contributed by atoms with Crippen LogP contribution in [0.5, 0.6) is 17.2 Å². The molecule has 0 bridgehead atoms. The van der Waals surface area contributed by atoms with Crippen molar-refractivity contribution >= 4 is 40.9 Å². The second-order valence-electron chi connectivity index (χ2n) is 21.1. The molecule has 5 rings (SSSR count). The van der Waals surface area contributed by atoms with Gasteiger partial charge in [-0.3, -0.25) is 0 Å². The number of hydrogen-bond acceptors (Lipinski definition) is 4. The Labute approximate surface area is 368 Å². The first-order valence-electron chi connectivity index (χ1n) is 21.2. The van der Waals surface area contributed by atoms with E-state index in [1.807, 2.05) is 48.5 Å². The van der Waals surface area contributed by atoms with Crippen LogP contribution in [0.15, 0.2) is 114 Å². The van der Waals surface area contributed by atoms with Crippen LogP contribution in [-0.4, -0.2) is 30.1 Å². The van der Waals surface area contributed by atoms with Crippen LogP contribution in [0.2, 0.25) is 54.4 Å². The molecule has 0 spiro atoms. The zero-order chi connectivity index (χ0) is 43.8. The van der Waals surface area contributed by atoms with Crippen molar-refractivity contribution in [1.29, 1.82) is 0 Å². The maximum absolute atomic E-state index is 13.7. The van der Waals surface area contributed by atoms with Crippen molar-refractivity contribution in [3.8, 4) is 29.1 Å². The van der Waals surface area contributed by atoms with Gasteiger partial charge in [-0.2, -0.15) is 0 Å². The fourth-order valence-corrected chi connectivity index (χ4v) is 10.2. The minimum atomic E-state index is -2.08. The summed E-state index contributed by atoms with van der Waals surface area (Å²) in [6.07, 6.45) is 5.23. The van der Waals surface area contributed by atoms with Gasteiger partial charge in [-0.25, -0.2) is 0 Å². The van der Waals surface area contributed by atoms with E-state index in [1.54, 1.807) is 0 Å². The van der Waals surface area contributed by atoms with Crippen molar-refractivity contribution in [3.05, 3.63) is 136 Å². The van der Waals surface area contributed by atoms with Gasteiger partial charge in [-0.1, -0.05) is 139 Å². The number of benzene rings is 4. The van der Waals surface area contributed by atoms with E-state index < -0.39 is 30.6 Å². The second kappa shape index (κ2) is 17.2. The Balaban J connectivity index is 1.63. The molecule has 59 heavy (non-hydrogen) atoms. The molecule has 0 aliphatic heterocycles. The van der Waals surface area contributed by atoms with Gasteiger partial charge in [0.2, 0.25) is 25.0 Å². The summed E-state index contributed by atoms with van der Waals surface area (Å²) in [7, 11) is -6.10. The lowest BCUT2D eigenvalue weighted by atomic mass is 9.61. The van der Waals surface area contributed by atoms with Crippen molar-refractivity contribution < 1.29 is 18.4 Å². The van der Waals surface area contributed by atoms with E-state index in [0.29, 0.717) is 6.42 Å². The van der Waals surface area contributed by atoms with E-state index in [0.717, 1.165) is 44.0 Å². The van der Waals surface area contributed by atoms with Gasteiger partial charge >= 0.3 is 0 Å². The lowest BCUT2D eigenvalue weighted by Gasteiger charge is -2.45. The minimum absolute atomic E-state index is 0.0563. The molecular formula is C51H69BrO4Si3. The largest absolute Gasteiger partial charge is 0.544 e. The van der Waals surface area contributed by atoms with Crippen LogP contribution in [0.1, 0.15) is 96.9 Å². The summed E-state index contributed by atoms with van der Waals surface area (Å²) in [6.45, 7) is 33.9. The first-order chi connectivity index (χ1) is 27.1. The zero-order valence-corrected chi connectivity index (χ0v) is 43.0. The van der Waals surface area contributed by atoms with Crippen LogP contribution in [0.25, 0.3) is 0 Å². The average molecular weight is 910 g/mol. The lowest BCUT2D eigenvalue weighted by molar-refractivity contribution is -0.0103. The van der Waals surface area contributed by atoms with Crippen molar-refractivity contribution in [2.45, 2.75) is 135 Å². The fourth-order valence-electron chi connectivity index (χ4n) is 6.82. The minimum Gasteiger partial charge on any atom is -0.544 e. The molecule has 0 aromatic heterocycles. The summed E-state index contributed by atoms with van der Waals surface area (Å²) >= 11 is 3.66. The summed E-state index contributed by atoms with van der Waals surface area (Å²) in [5.41, 5.74) is 2.25. The molecule has 4 aromatic rings. The SMILES string of the molecule is CC(C)(C)[Si](C)(C)Oc1ccc(C#C[C@@H]2CC=C[C@@H](c3ccc(O[Si](C)(C)C(C)(C)C)cc3)[C@H]2C(O)(c2ccc(Br)cc2)c2ccc(O[Si](C)(C)C(C)(C)C)cc2)cc1. The van der Waals surface area contributed by atoms with Gasteiger partial charge in [0.25, 0.3) is 0 Å². The molecule has 0 amide bonds. The number of hydrogen-bond donors (Lipinski definition) is 1. The van der Waals surface area contributed by atoms with Gasteiger partial charge in [0.15, 0.2) is 0 Å². The Morgan fingerprint density at radius 2 is 0.932 bits per heavy atom. The summed E-state index contributed by atoms with van der Waals surface area (Å²) in [6, 6.07) is 33.1. The first-order valence-corrected chi connectivity index (χ1v) is 30.7. The van der Waals surface area contributed by atoms with Crippen LogP contribution in [0.3, 0.4) is 0 Å². The van der Waals surface area contributed by atoms with E-state index in [4.69, 9.17) is 13.3 Å². The van der Waals surface area contributed by atoms with Gasteiger partial charge in [-0.05, 0) is 138 Å². The highest BCUT2D eigenvalue weighted by Crippen LogP contribution is 2.52. The maximum atomic E-state index is 13.7. The van der Waals surface area contributed by atoms with Crippen molar-refractivity contribution in [3.63, 3.8) is 0 Å². The third-order valence-corrected chi connectivity index (χ3v) is 27.3. The third-order valence-electron chi connectivity index (χ3n) is 13.7. The summed E-state index contributed by atoms with van der Waals surface area (Å²) in [5, 5.41) is 14.0. The molecule has 4 aromatic carbocycles. The van der Waals surface area contributed by atoms with E-state index in [-0.39, 0.29) is 32.9 Å². The van der Waals surface area contributed by atoms with E-state index in [2.05, 4.69) is 190 Å². The maximum Gasteiger partial charge on any atom is 0.250 e. The Morgan fingerprint density at radius 1 is 0.559 bits per heavy atom. The molecule has 0 fully saturated rings. The Morgan fingerprint density at radius 3 is 1.34 bits per heavy atom. The Hall–Kier alpha value is -3.33. The molecule has 1 aliphatic carbocycles. The quantitative estimate of drug-likeness (QED) is 0.0978. The second-order valence-corrected chi connectivity index (χ2v) is 36.2. The van der Waals surface area contributed by atoms with Crippen LogP contribution >= 0.6 is 15.9 Å². The highest BCUT2D eigenvalue weighted by Gasteiger charge is 2.49. The van der Waals surface area contributed by atoms with E-state index in [9.17, 15) is 5.11 Å². The topological polar surface area (TPSA) is 47.9 Å². The lowest BCUT2D eigenvalue weighted by Crippen LogP contribution is -2.45. The standard InChI is InChI=1S/C51H69BrO4Si3/c1-48(2,3)57(10,11)54-43-31-20-37(21-32-43)19-22-39-17-16-18-46(38-23-33-44(34-24-38)55-58(12,13)49(4,5)6)47(39)51(53,40-25-29-42(52)30-26-40)41-27-35-45(36-28-41)56-59(14,15)50(7,8)9/h16,18,20-21,23-36,39,46-47,53H,17H2,1-15H3/t39-,46-,47-,51?/m0/s1. The molecule has 4 atom stereocenters. The predicted octanol–water partition coefficient (Wildman–Crippen LogP) is 14.9. The normalized spacial score (nSPS) is 19.0. The highest BCUT2D eigenvalue weighted by atomic mass is 79.9. The first kappa shape index (κ1) is 46.7. The Bertz CT molecular complexity index is 2130. The molecule has 316 valence electrons. The number of rotatable bonds is 10. The van der Waals surface area contributed by atoms with E-state index in [1.165, 1.54) is 0 Å². The molecule has 8 heteroatoms. The summed E-state index contributed by atoms with van der Waals surface area (Å²) in [4.78, 5) is 0. The molecule has 0 radical (unpaired) electrons. The molecule has 1 aliphatic rings. The molecule has 1 unspecified atom stereocenters. The predicted molar refractivity (Wildman–Crippen MR) is 260 cm³/mol. The van der Waals surface area contributed by atoms with Crippen LogP contribution in [0, 0.1) is 23.7 Å². The molecule has 4 nitrogen and oxygen atoms in total. The molecule has 1 N–H and O–H groups in total. The highest BCUT2D eigenvalue weighted by molar-refractivity contribution is 9.10. The van der Waals surface area contributed by atoms with Crippen molar-refractivity contribution in [2.24, 2.45) is 11.8 Å². The third kappa shape index (κ3) is 10.6. The van der Waals surface area contributed by atoms with Crippen LogP contribution < -0.4 is 13.3 Å². The zero-order valence-electron chi connectivity index (χ0n) is 38.4. The fraction of sp³-hybridized carbons (Fsp3) is 0.451. The number of halogens is 1. The average Bonchev–Trinajstić information content (AvgIpc) is 3.13. The number of allylic oxidation sites excluding steroid dienone is 2. The molecular weight excluding hydrogens is 841 g/mol. The monoisotopic (exact) mass is 908 g/mol. The molecule has 0 heterocycles. The summed E-state index contributed by atoms with van der Waals surface area (Å²) in [5.74, 6) is 9.16. The van der Waals surface area contributed by atoms with Gasteiger partial charge in [0.05, 0.1) is 0 Å². The Kier molecular flexibility index (Phi) is 13.6. The van der Waals surface area contributed by atoms with Gasteiger partial charge in [-0.15, -0.1) is 0 Å². The van der Waals surface area contributed by atoms with Crippen molar-refractivity contribution in [1.82, 2.24) is 0 Å². The molecule has 0 saturated carbocycles. The summed E-state index contributed by atoms with van der Waals surface area (Å²) < 4.78 is 21.0. The van der Waals surface area contributed by atoms with Gasteiger partial charge < -0.3 is 18.4 Å². The van der Waals surface area contributed by atoms with Gasteiger partial charge in [0.1, 0.15) is 22.8 Å². The number of aliphatic hydroxyl groups is 1. The van der Waals surface area contributed by atoms with Crippen LogP contribution in [-0.2, 0) is 5.60 Å². The smallest absolute Gasteiger partial charge is 0.250 e. The van der Waals surface area contributed by atoms with Gasteiger partial charge in [0, 0.05) is 27.8 Å². The van der Waals surface area contributed by atoms with Crippen molar-refractivity contribution in [2.75, 3.05) is 0 Å². The van der Waals surface area contributed by atoms with E-state index >= 15 is 0 Å². The molecule has 0 saturated heterocycles. The van der Waals surface area contributed by atoms with Crippen LogP contribution in [0.4, 0.5) is 0 Å².